The molecule has 1 N–H and O–H groups in total. The molecule has 0 aliphatic heterocycles. The van der Waals surface area contributed by atoms with Crippen LogP contribution in [0, 0.1) is 5.82 Å². The van der Waals surface area contributed by atoms with E-state index in [1.54, 1.807) is 12.1 Å². The highest BCUT2D eigenvalue weighted by molar-refractivity contribution is 5.48. The highest BCUT2D eigenvalue weighted by atomic mass is 19.1. The molecule has 1 aromatic carbocycles. The Labute approximate surface area is 82.4 Å². The molecule has 14 heavy (non-hydrogen) atoms. The van der Waals surface area contributed by atoms with Crippen LogP contribution in [0.25, 0.3) is 0 Å². The van der Waals surface area contributed by atoms with Gasteiger partial charge >= 0.3 is 0 Å². The first kappa shape index (κ1) is 10.9. The monoisotopic (exact) mass is 196 g/mol. The lowest BCUT2D eigenvalue weighted by molar-refractivity contribution is -0.108. The normalized spacial score (nSPS) is 12.4. The van der Waals surface area contributed by atoms with Gasteiger partial charge < -0.3 is 9.90 Å². The Kier molecular flexibility index (Phi) is 4.26. The molecule has 3 heteroatoms. The molecule has 0 heterocycles. The molecule has 1 aromatic rings. The molecule has 0 spiro atoms. The summed E-state index contributed by atoms with van der Waals surface area (Å²) in [6, 6.07) is 5.75. The molecule has 0 aliphatic carbocycles. The van der Waals surface area contributed by atoms with Gasteiger partial charge in [0.15, 0.2) is 0 Å². The molecular weight excluding hydrogens is 183 g/mol. The number of benzene rings is 1. The molecule has 0 aromatic heterocycles. The molecule has 1 atom stereocenters. The van der Waals surface area contributed by atoms with Crippen molar-refractivity contribution in [3.63, 3.8) is 0 Å². The largest absolute Gasteiger partial charge is 0.388 e. The second-order valence-electron chi connectivity index (χ2n) is 3.16. The lowest BCUT2D eigenvalue weighted by Crippen LogP contribution is -1.97. The molecule has 0 fully saturated rings. The standard InChI is InChI=1S/C11H13FO2/c12-10-6-4-9(5-7-10)11(14)3-1-2-8-13/h4-8,11,14H,1-3H2/t11-/m0/s1. The summed E-state index contributed by atoms with van der Waals surface area (Å²) >= 11 is 0. The van der Waals surface area contributed by atoms with Gasteiger partial charge in [-0.25, -0.2) is 4.39 Å². The lowest BCUT2D eigenvalue weighted by Gasteiger charge is -2.09. The van der Waals surface area contributed by atoms with Gasteiger partial charge in [0, 0.05) is 6.42 Å². The van der Waals surface area contributed by atoms with Crippen molar-refractivity contribution < 1.29 is 14.3 Å². The first-order valence-electron chi connectivity index (χ1n) is 4.61. The van der Waals surface area contributed by atoms with Gasteiger partial charge in [-0.3, -0.25) is 0 Å². The second-order valence-corrected chi connectivity index (χ2v) is 3.16. The van der Waals surface area contributed by atoms with Gasteiger partial charge in [-0.1, -0.05) is 12.1 Å². The Morgan fingerprint density at radius 1 is 1.36 bits per heavy atom. The maximum Gasteiger partial charge on any atom is 0.123 e. The van der Waals surface area contributed by atoms with E-state index in [1.165, 1.54) is 12.1 Å². The zero-order valence-corrected chi connectivity index (χ0v) is 7.82. The van der Waals surface area contributed by atoms with Crippen molar-refractivity contribution in [3.8, 4) is 0 Å². The van der Waals surface area contributed by atoms with Crippen LogP contribution in [0.3, 0.4) is 0 Å². The fourth-order valence-electron chi connectivity index (χ4n) is 1.25. The van der Waals surface area contributed by atoms with Crippen LogP contribution in [-0.2, 0) is 4.79 Å². The van der Waals surface area contributed by atoms with Gasteiger partial charge in [0.2, 0.25) is 0 Å². The van der Waals surface area contributed by atoms with Crippen LogP contribution in [0.15, 0.2) is 24.3 Å². The number of halogens is 1. The summed E-state index contributed by atoms with van der Waals surface area (Å²) < 4.78 is 12.5. The van der Waals surface area contributed by atoms with Gasteiger partial charge in [0.1, 0.15) is 12.1 Å². The van der Waals surface area contributed by atoms with Crippen LogP contribution in [-0.4, -0.2) is 11.4 Å². The molecule has 1 rings (SSSR count). The average Bonchev–Trinajstić information content (AvgIpc) is 2.19. The molecule has 0 amide bonds. The summed E-state index contributed by atoms with van der Waals surface area (Å²) in [5.74, 6) is -0.311. The Bertz CT molecular complexity index is 282. The summed E-state index contributed by atoms with van der Waals surface area (Å²) in [4.78, 5) is 10.0. The van der Waals surface area contributed by atoms with E-state index in [0.29, 0.717) is 24.8 Å². The predicted octanol–water partition coefficient (Wildman–Crippen LogP) is 2.23. The third-order valence-corrected chi connectivity index (χ3v) is 2.05. The van der Waals surface area contributed by atoms with Crippen molar-refractivity contribution in [2.75, 3.05) is 0 Å². The smallest absolute Gasteiger partial charge is 0.123 e. The minimum atomic E-state index is -0.601. The van der Waals surface area contributed by atoms with Gasteiger partial charge in [-0.15, -0.1) is 0 Å². The SMILES string of the molecule is O=CCCC[C@H](O)c1ccc(F)cc1. The third-order valence-electron chi connectivity index (χ3n) is 2.05. The van der Waals surface area contributed by atoms with Crippen molar-refractivity contribution in [2.24, 2.45) is 0 Å². The van der Waals surface area contributed by atoms with Crippen molar-refractivity contribution in [3.05, 3.63) is 35.6 Å². The number of aldehydes is 1. The van der Waals surface area contributed by atoms with Crippen molar-refractivity contribution in [1.82, 2.24) is 0 Å². The van der Waals surface area contributed by atoms with Crippen molar-refractivity contribution in [2.45, 2.75) is 25.4 Å². The van der Waals surface area contributed by atoms with E-state index < -0.39 is 6.10 Å². The van der Waals surface area contributed by atoms with E-state index in [0.717, 1.165) is 6.29 Å². The third kappa shape index (κ3) is 3.26. The van der Waals surface area contributed by atoms with E-state index in [1.807, 2.05) is 0 Å². The molecule has 0 bridgehead atoms. The predicted molar refractivity (Wildman–Crippen MR) is 51.3 cm³/mol. The molecule has 76 valence electrons. The van der Waals surface area contributed by atoms with Crippen LogP contribution in [0.1, 0.15) is 30.9 Å². The first-order chi connectivity index (χ1) is 6.74. The summed E-state index contributed by atoms with van der Waals surface area (Å²) in [6.45, 7) is 0. The Morgan fingerprint density at radius 2 is 2.00 bits per heavy atom. The Balaban J connectivity index is 2.47. The maximum absolute atomic E-state index is 12.5. The zero-order valence-electron chi connectivity index (χ0n) is 7.82. The van der Waals surface area contributed by atoms with Crippen LogP contribution >= 0.6 is 0 Å². The number of aliphatic hydroxyl groups is 1. The zero-order chi connectivity index (χ0) is 10.4. The minimum Gasteiger partial charge on any atom is -0.388 e. The van der Waals surface area contributed by atoms with E-state index in [9.17, 15) is 14.3 Å². The van der Waals surface area contributed by atoms with Crippen molar-refractivity contribution in [1.29, 1.82) is 0 Å². The van der Waals surface area contributed by atoms with Gasteiger partial charge in [0.25, 0.3) is 0 Å². The first-order valence-corrected chi connectivity index (χ1v) is 4.61. The molecule has 0 saturated carbocycles. The molecular formula is C11H13FO2. The number of carbonyl (C=O) groups is 1. The van der Waals surface area contributed by atoms with E-state index in [4.69, 9.17) is 0 Å². The van der Waals surface area contributed by atoms with Gasteiger partial charge in [0.05, 0.1) is 6.10 Å². The van der Waals surface area contributed by atoms with Crippen molar-refractivity contribution >= 4 is 6.29 Å². The molecule has 0 radical (unpaired) electrons. The summed E-state index contributed by atoms with van der Waals surface area (Å²) in [5, 5.41) is 9.60. The van der Waals surface area contributed by atoms with E-state index >= 15 is 0 Å². The number of hydrogen-bond donors (Lipinski definition) is 1. The minimum absolute atomic E-state index is 0.311. The van der Waals surface area contributed by atoms with Gasteiger partial charge in [-0.2, -0.15) is 0 Å². The molecule has 2 nitrogen and oxygen atoms in total. The maximum atomic E-state index is 12.5. The molecule has 0 unspecified atom stereocenters. The fourth-order valence-corrected chi connectivity index (χ4v) is 1.25. The van der Waals surface area contributed by atoms with Crippen LogP contribution < -0.4 is 0 Å². The highest BCUT2D eigenvalue weighted by Crippen LogP contribution is 2.18. The highest BCUT2D eigenvalue weighted by Gasteiger charge is 2.06. The number of unbranched alkanes of at least 4 members (excludes halogenated alkanes) is 1. The topological polar surface area (TPSA) is 37.3 Å². The summed E-state index contributed by atoms with van der Waals surface area (Å²) in [5.41, 5.74) is 0.692. The Morgan fingerprint density at radius 3 is 2.57 bits per heavy atom. The second kappa shape index (κ2) is 5.50. The summed E-state index contributed by atoms with van der Waals surface area (Å²) in [6.07, 6.45) is 1.87. The number of carbonyl (C=O) groups excluding carboxylic acids is 1. The quantitative estimate of drug-likeness (QED) is 0.579. The van der Waals surface area contributed by atoms with Crippen LogP contribution in [0.5, 0.6) is 0 Å². The van der Waals surface area contributed by atoms with Crippen LogP contribution in [0.4, 0.5) is 4.39 Å². The average molecular weight is 196 g/mol. The lowest BCUT2D eigenvalue weighted by atomic mass is 10.0. The molecule has 0 saturated heterocycles. The number of hydrogen-bond acceptors (Lipinski definition) is 2. The number of aliphatic hydroxyl groups excluding tert-OH is 1. The number of rotatable bonds is 5. The Hall–Kier alpha value is -1.22. The molecule has 0 aliphatic rings. The van der Waals surface area contributed by atoms with E-state index in [-0.39, 0.29) is 5.82 Å². The van der Waals surface area contributed by atoms with Crippen LogP contribution in [0.2, 0.25) is 0 Å². The van der Waals surface area contributed by atoms with Gasteiger partial charge in [-0.05, 0) is 30.5 Å². The van der Waals surface area contributed by atoms with E-state index in [2.05, 4.69) is 0 Å². The fraction of sp³-hybridized carbons (Fsp3) is 0.364. The summed E-state index contributed by atoms with van der Waals surface area (Å²) in [7, 11) is 0.